The second-order valence-electron chi connectivity index (χ2n) is 5.73. The van der Waals surface area contributed by atoms with E-state index in [0.717, 1.165) is 0 Å². The largest absolute Gasteiger partial charge is 0.497 e. The van der Waals surface area contributed by atoms with E-state index in [1.807, 2.05) is 13.8 Å². The van der Waals surface area contributed by atoms with Gasteiger partial charge in [0.25, 0.3) is 10.0 Å². The summed E-state index contributed by atoms with van der Waals surface area (Å²) in [7, 11) is -1.12. The summed E-state index contributed by atoms with van der Waals surface area (Å²) < 4.78 is 40.7. The maximum Gasteiger partial charge on any atom is 0.280 e. The molecule has 0 heterocycles. The van der Waals surface area contributed by atoms with Crippen LogP contribution in [0.3, 0.4) is 0 Å². The minimum Gasteiger partial charge on any atom is -0.497 e. The van der Waals surface area contributed by atoms with Crippen molar-refractivity contribution in [3.05, 3.63) is 47.0 Å². The number of hydrogen-bond acceptors (Lipinski definition) is 6. The molecule has 0 amide bonds. The van der Waals surface area contributed by atoms with Gasteiger partial charge in [-0.1, -0.05) is 11.6 Å². The number of hydrogen-bond donors (Lipinski definition) is 1. The third-order valence-corrected chi connectivity index (χ3v) is 4.90. The summed E-state index contributed by atoms with van der Waals surface area (Å²) in [4.78, 5) is 2.06. The molecule has 9 heteroatoms. The van der Waals surface area contributed by atoms with Crippen LogP contribution in [0.5, 0.6) is 17.2 Å². The number of nitrogens with one attached hydrogen (secondary N) is 1. The molecule has 2 aromatic rings. The van der Waals surface area contributed by atoms with Gasteiger partial charge in [0.2, 0.25) is 0 Å². The first-order valence-electron chi connectivity index (χ1n) is 8.00. The Morgan fingerprint density at radius 1 is 1.07 bits per heavy atom. The van der Waals surface area contributed by atoms with Gasteiger partial charge in [-0.25, -0.2) is 0 Å². The standard InChI is InChI=1S/C18H21ClN2O5S/c1-12(2)26-16-7-5-13(9-15(16)19)11-20-21-27(22,23)18-10-14(24-3)6-8-17(18)25-4/h5-12,21H,1-4H3/b20-11+. The first-order valence-corrected chi connectivity index (χ1v) is 9.86. The van der Waals surface area contributed by atoms with Crippen molar-refractivity contribution in [2.75, 3.05) is 14.2 Å². The number of halogens is 1. The van der Waals surface area contributed by atoms with Crippen LogP contribution in [-0.2, 0) is 10.0 Å². The lowest BCUT2D eigenvalue weighted by Gasteiger charge is -2.11. The zero-order chi connectivity index (χ0) is 20.0. The van der Waals surface area contributed by atoms with Gasteiger partial charge in [-0.15, -0.1) is 0 Å². The van der Waals surface area contributed by atoms with E-state index in [1.165, 1.54) is 32.6 Å². The molecule has 0 fully saturated rings. The normalized spacial score (nSPS) is 11.6. The molecule has 0 aromatic heterocycles. The first kappa shape index (κ1) is 20.9. The Labute approximate surface area is 163 Å². The number of benzene rings is 2. The minimum atomic E-state index is -3.95. The molecule has 146 valence electrons. The van der Waals surface area contributed by atoms with Gasteiger partial charge in [0.15, 0.2) is 0 Å². The molecule has 0 aliphatic heterocycles. The lowest BCUT2D eigenvalue weighted by Crippen LogP contribution is -2.19. The smallest absolute Gasteiger partial charge is 0.280 e. The van der Waals surface area contributed by atoms with E-state index in [4.69, 9.17) is 25.8 Å². The van der Waals surface area contributed by atoms with Crippen molar-refractivity contribution < 1.29 is 22.6 Å². The summed E-state index contributed by atoms with van der Waals surface area (Å²) in [6.45, 7) is 3.79. The van der Waals surface area contributed by atoms with Crippen LogP contribution in [-0.4, -0.2) is 35.0 Å². The summed E-state index contributed by atoms with van der Waals surface area (Å²) >= 11 is 6.16. The van der Waals surface area contributed by atoms with Gasteiger partial charge in [0, 0.05) is 6.07 Å². The Morgan fingerprint density at radius 2 is 1.78 bits per heavy atom. The van der Waals surface area contributed by atoms with Crippen LogP contribution in [0.4, 0.5) is 0 Å². The van der Waals surface area contributed by atoms with Crippen molar-refractivity contribution in [2.45, 2.75) is 24.8 Å². The molecule has 27 heavy (non-hydrogen) atoms. The second-order valence-corrected chi connectivity index (χ2v) is 7.76. The van der Waals surface area contributed by atoms with Crippen molar-refractivity contribution in [1.82, 2.24) is 4.83 Å². The third kappa shape index (κ3) is 5.51. The average molecular weight is 413 g/mol. The topological polar surface area (TPSA) is 86.2 Å². The number of rotatable bonds is 8. The predicted octanol–water partition coefficient (Wildman–Crippen LogP) is 3.46. The number of nitrogens with zero attached hydrogens (tertiary/aromatic N) is 1. The third-order valence-electron chi connectivity index (χ3n) is 3.37. The molecule has 7 nitrogen and oxygen atoms in total. The Bertz CT molecular complexity index is 929. The summed E-state index contributed by atoms with van der Waals surface area (Å²) in [6.07, 6.45) is 1.33. The molecule has 2 aromatic carbocycles. The summed E-state index contributed by atoms with van der Waals surface area (Å²) in [5.41, 5.74) is 0.608. The summed E-state index contributed by atoms with van der Waals surface area (Å²) in [5, 5.41) is 4.20. The fraction of sp³-hybridized carbons (Fsp3) is 0.278. The van der Waals surface area contributed by atoms with E-state index in [1.54, 1.807) is 24.3 Å². The Balaban J connectivity index is 2.19. The molecule has 0 bridgehead atoms. The zero-order valence-corrected chi connectivity index (χ0v) is 17.0. The van der Waals surface area contributed by atoms with E-state index >= 15 is 0 Å². The Kier molecular flexibility index (Phi) is 6.92. The Morgan fingerprint density at radius 3 is 2.37 bits per heavy atom. The average Bonchev–Trinajstić information content (AvgIpc) is 2.63. The monoisotopic (exact) mass is 412 g/mol. The molecule has 0 unspecified atom stereocenters. The van der Waals surface area contributed by atoms with E-state index in [9.17, 15) is 8.42 Å². The van der Waals surface area contributed by atoms with Crippen LogP contribution in [0.25, 0.3) is 0 Å². The minimum absolute atomic E-state index is 0.00771. The molecule has 2 rings (SSSR count). The SMILES string of the molecule is COc1ccc(OC)c(S(=O)(=O)N/N=C/c2ccc(OC(C)C)c(Cl)c2)c1. The van der Waals surface area contributed by atoms with Crippen LogP contribution in [0.1, 0.15) is 19.4 Å². The highest BCUT2D eigenvalue weighted by Crippen LogP contribution is 2.28. The molecule has 0 radical (unpaired) electrons. The van der Waals surface area contributed by atoms with E-state index in [-0.39, 0.29) is 16.7 Å². The molecular weight excluding hydrogens is 392 g/mol. The number of sulfonamides is 1. The maximum atomic E-state index is 12.5. The Hall–Kier alpha value is -2.45. The molecule has 0 aliphatic carbocycles. The lowest BCUT2D eigenvalue weighted by molar-refractivity contribution is 0.242. The second kappa shape index (κ2) is 8.96. The first-order chi connectivity index (χ1) is 12.8. The summed E-state index contributed by atoms with van der Waals surface area (Å²) in [5.74, 6) is 1.11. The highest BCUT2D eigenvalue weighted by Gasteiger charge is 2.20. The van der Waals surface area contributed by atoms with Gasteiger partial charge >= 0.3 is 0 Å². The number of ether oxygens (including phenoxy) is 3. The predicted molar refractivity (Wildman–Crippen MR) is 105 cm³/mol. The van der Waals surface area contributed by atoms with Gasteiger partial charge in [-0.05, 0) is 49.7 Å². The van der Waals surface area contributed by atoms with Crippen molar-refractivity contribution >= 4 is 27.8 Å². The molecule has 0 saturated carbocycles. The van der Waals surface area contributed by atoms with Crippen LogP contribution in [0.2, 0.25) is 5.02 Å². The molecular formula is C18H21ClN2O5S. The van der Waals surface area contributed by atoms with Crippen molar-refractivity contribution in [3.8, 4) is 17.2 Å². The van der Waals surface area contributed by atoms with Crippen LogP contribution in [0.15, 0.2) is 46.4 Å². The molecule has 0 atom stereocenters. The maximum absolute atomic E-state index is 12.5. The van der Waals surface area contributed by atoms with E-state index in [0.29, 0.717) is 22.1 Å². The fourth-order valence-electron chi connectivity index (χ4n) is 2.16. The molecule has 0 spiro atoms. The number of hydrazone groups is 1. The van der Waals surface area contributed by atoms with E-state index in [2.05, 4.69) is 9.93 Å². The van der Waals surface area contributed by atoms with Gasteiger partial charge in [0.05, 0.1) is 31.6 Å². The fourth-order valence-corrected chi connectivity index (χ4v) is 3.37. The van der Waals surface area contributed by atoms with Crippen LogP contribution >= 0.6 is 11.6 Å². The molecule has 1 N–H and O–H groups in total. The number of methoxy groups -OCH3 is 2. The van der Waals surface area contributed by atoms with Crippen LogP contribution in [0, 0.1) is 0 Å². The van der Waals surface area contributed by atoms with Gasteiger partial charge in [-0.3, -0.25) is 0 Å². The van der Waals surface area contributed by atoms with Gasteiger partial charge < -0.3 is 14.2 Å². The van der Waals surface area contributed by atoms with Crippen molar-refractivity contribution in [1.29, 1.82) is 0 Å². The van der Waals surface area contributed by atoms with Crippen LogP contribution < -0.4 is 19.0 Å². The van der Waals surface area contributed by atoms with Gasteiger partial charge in [0.1, 0.15) is 22.1 Å². The van der Waals surface area contributed by atoms with Gasteiger partial charge in [-0.2, -0.15) is 18.4 Å². The molecule has 0 aliphatic rings. The highest BCUT2D eigenvalue weighted by molar-refractivity contribution is 7.89. The lowest BCUT2D eigenvalue weighted by atomic mass is 10.2. The van der Waals surface area contributed by atoms with E-state index < -0.39 is 10.0 Å². The van der Waals surface area contributed by atoms with Crippen molar-refractivity contribution in [3.63, 3.8) is 0 Å². The quantitative estimate of drug-likeness (QED) is 0.530. The molecule has 0 saturated heterocycles. The summed E-state index contributed by atoms with van der Waals surface area (Å²) in [6, 6.07) is 9.50. The van der Waals surface area contributed by atoms with Crippen molar-refractivity contribution in [2.24, 2.45) is 5.10 Å². The highest BCUT2D eigenvalue weighted by atomic mass is 35.5. The zero-order valence-electron chi connectivity index (χ0n) is 15.4.